The number of aromatic amines is 1. The molecular formula is C29H29N5O3. The lowest BCUT2D eigenvalue weighted by Gasteiger charge is -2.54. The van der Waals surface area contributed by atoms with Gasteiger partial charge in [0.15, 0.2) is 5.65 Å². The molecule has 3 aliphatic rings. The highest BCUT2D eigenvalue weighted by molar-refractivity contribution is 5.96. The highest BCUT2D eigenvalue weighted by atomic mass is 16.5. The largest absolute Gasteiger partial charge is 0.496 e. The Morgan fingerprint density at radius 1 is 1.14 bits per heavy atom. The van der Waals surface area contributed by atoms with Crippen molar-refractivity contribution < 1.29 is 14.3 Å². The van der Waals surface area contributed by atoms with E-state index in [0.717, 1.165) is 85.1 Å². The highest BCUT2D eigenvalue weighted by Crippen LogP contribution is 2.38. The summed E-state index contributed by atoms with van der Waals surface area (Å²) in [5.74, 6) is 0.978. The van der Waals surface area contributed by atoms with Crippen molar-refractivity contribution in [1.82, 2.24) is 24.8 Å². The number of hydrogen-bond acceptors (Lipinski definition) is 6. The zero-order valence-electron chi connectivity index (χ0n) is 21.1. The third-order valence-electron chi connectivity index (χ3n) is 7.99. The van der Waals surface area contributed by atoms with Crippen molar-refractivity contribution in [3.8, 4) is 28.1 Å². The quantitative estimate of drug-likeness (QED) is 0.464. The maximum absolute atomic E-state index is 12.9. The number of rotatable bonds is 4. The number of likely N-dealkylation sites (N-methyl/N-ethyl adjacent to an activating group) is 1. The Morgan fingerprint density at radius 2 is 1.95 bits per heavy atom. The number of amides is 1. The molecule has 37 heavy (non-hydrogen) atoms. The van der Waals surface area contributed by atoms with Crippen molar-refractivity contribution in [2.24, 2.45) is 5.41 Å². The van der Waals surface area contributed by atoms with Crippen LogP contribution in [-0.4, -0.2) is 77.7 Å². The molecule has 7 rings (SSSR count). The fourth-order valence-corrected chi connectivity index (χ4v) is 5.80. The van der Waals surface area contributed by atoms with E-state index in [1.54, 1.807) is 7.11 Å². The topological polar surface area (TPSA) is 83.6 Å². The first-order chi connectivity index (χ1) is 18.0. The zero-order chi connectivity index (χ0) is 25.1. The Morgan fingerprint density at radius 3 is 2.68 bits per heavy atom. The van der Waals surface area contributed by atoms with Crippen molar-refractivity contribution in [3.63, 3.8) is 0 Å². The summed E-state index contributed by atoms with van der Waals surface area (Å²) >= 11 is 0. The lowest BCUT2D eigenvalue weighted by Crippen LogP contribution is -2.67. The summed E-state index contributed by atoms with van der Waals surface area (Å²) in [6, 6.07) is 12.1. The Bertz CT molecular complexity index is 1500. The lowest BCUT2D eigenvalue weighted by atomic mass is 9.78. The molecule has 0 atom stereocenters. The summed E-state index contributed by atoms with van der Waals surface area (Å²) in [4.78, 5) is 30.0. The maximum Gasteiger partial charge on any atom is 0.253 e. The Labute approximate surface area is 215 Å². The monoisotopic (exact) mass is 495 g/mol. The Hall–Kier alpha value is -3.75. The molecule has 0 saturated carbocycles. The van der Waals surface area contributed by atoms with Crippen molar-refractivity contribution in [1.29, 1.82) is 0 Å². The van der Waals surface area contributed by atoms with Crippen LogP contribution in [0.4, 0.5) is 0 Å². The van der Waals surface area contributed by atoms with Gasteiger partial charge in [-0.1, -0.05) is 12.1 Å². The summed E-state index contributed by atoms with van der Waals surface area (Å²) in [5, 5.41) is 0. The van der Waals surface area contributed by atoms with E-state index in [-0.39, 0.29) is 11.3 Å². The number of likely N-dealkylation sites (tertiary alicyclic amines) is 1. The molecule has 4 aromatic rings. The molecule has 3 aliphatic heterocycles. The van der Waals surface area contributed by atoms with Gasteiger partial charge in [0.2, 0.25) is 0 Å². The number of carbonyl (C=O) groups excluding carboxylic acids is 1. The van der Waals surface area contributed by atoms with E-state index in [1.807, 2.05) is 41.6 Å². The van der Waals surface area contributed by atoms with Gasteiger partial charge in [0.1, 0.15) is 11.3 Å². The van der Waals surface area contributed by atoms with Crippen LogP contribution in [0.2, 0.25) is 0 Å². The predicted molar refractivity (Wildman–Crippen MR) is 141 cm³/mol. The molecule has 0 bridgehead atoms. The zero-order valence-corrected chi connectivity index (χ0v) is 21.1. The molecule has 8 heteroatoms. The molecule has 188 valence electrons. The number of methoxy groups -OCH3 is 1. The van der Waals surface area contributed by atoms with Crippen molar-refractivity contribution in [2.75, 3.05) is 47.0 Å². The van der Waals surface area contributed by atoms with Crippen LogP contribution in [0.15, 0.2) is 48.8 Å². The summed E-state index contributed by atoms with van der Waals surface area (Å²) < 4.78 is 11.1. The standard InChI is InChI=1S/C29H29N5O3/c1-33-8-7-20-9-21(10-25(36-2)23(20)13-33)24-12-31-27-26(32-24)22(11-30-27)18-3-5-19(6-4-18)28(35)34-14-29(15-34)16-37-17-29/h3-6,9-12H,7-8,13-17H2,1-2H3,(H,30,31). The first-order valence-corrected chi connectivity index (χ1v) is 12.7. The molecule has 2 fully saturated rings. The molecule has 1 spiro atoms. The van der Waals surface area contributed by atoms with Gasteiger partial charge in [0, 0.05) is 54.6 Å². The van der Waals surface area contributed by atoms with Crippen LogP contribution in [0.3, 0.4) is 0 Å². The average molecular weight is 496 g/mol. The van der Waals surface area contributed by atoms with E-state index < -0.39 is 0 Å². The summed E-state index contributed by atoms with van der Waals surface area (Å²) in [6.07, 6.45) is 4.73. The van der Waals surface area contributed by atoms with Gasteiger partial charge in [-0.05, 0) is 48.9 Å². The number of hydrogen-bond donors (Lipinski definition) is 1. The second kappa shape index (κ2) is 8.39. The molecule has 2 saturated heterocycles. The van der Waals surface area contributed by atoms with Crippen molar-refractivity contribution in [2.45, 2.75) is 13.0 Å². The number of ether oxygens (including phenoxy) is 2. The molecule has 8 nitrogen and oxygen atoms in total. The van der Waals surface area contributed by atoms with Gasteiger partial charge in [-0.3, -0.25) is 4.79 Å². The first-order valence-electron chi connectivity index (χ1n) is 12.7. The van der Waals surface area contributed by atoms with Crippen LogP contribution in [0.5, 0.6) is 5.75 Å². The fourth-order valence-electron chi connectivity index (χ4n) is 5.80. The van der Waals surface area contributed by atoms with Crippen molar-refractivity contribution >= 4 is 17.1 Å². The van der Waals surface area contributed by atoms with E-state index in [1.165, 1.54) is 11.1 Å². The van der Waals surface area contributed by atoms with Gasteiger partial charge in [-0.15, -0.1) is 0 Å². The molecule has 1 N–H and O–H groups in total. The fraction of sp³-hybridized carbons (Fsp3) is 0.345. The average Bonchev–Trinajstić information content (AvgIpc) is 3.30. The Balaban J connectivity index is 1.18. The number of benzene rings is 2. The van der Waals surface area contributed by atoms with E-state index in [9.17, 15) is 4.79 Å². The van der Waals surface area contributed by atoms with Gasteiger partial charge in [-0.2, -0.15) is 0 Å². The SMILES string of the molecule is COc1cc(-c2cnc3[nH]cc(-c4ccc(C(=O)N5CC6(COC6)C5)cc4)c3n2)cc2c1CN(C)CC2. The Kier molecular flexibility index (Phi) is 5.09. The smallest absolute Gasteiger partial charge is 0.253 e. The van der Waals surface area contributed by atoms with Crippen LogP contribution in [0, 0.1) is 5.41 Å². The number of aromatic nitrogens is 3. The third kappa shape index (κ3) is 3.70. The van der Waals surface area contributed by atoms with Crippen molar-refractivity contribution in [3.05, 3.63) is 65.5 Å². The normalized spacial score (nSPS) is 18.4. The number of fused-ring (bicyclic) bond motifs is 2. The van der Waals surface area contributed by atoms with Crippen LogP contribution >= 0.6 is 0 Å². The van der Waals surface area contributed by atoms with Gasteiger partial charge in [-0.25, -0.2) is 9.97 Å². The number of nitrogens with zero attached hydrogens (tertiary/aromatic N) is 4. The second-order valence-corrected chi connectivity index (χ2v) is 10.7. The predicted octanol–water partition coefficient (Wildman–Crippen LogP) is 3.76. The minimum Gasteiger partial charge on any atom is -0.496 e. The van der Waals surface area contributed by atoms with Crippen LogP contribution < -0.4 is 4.74 Å². The van der Waals surface area contributed by atoms with Crippen LogP contribution in [0.25, 0.3) is 33.5 Å². The number of H-pyrrole nitrogens is 1. The molecule has 0 unspecified atom stereocenters. The molecule has 2 aromatic carbocycles. The molecule has 5 heterocycles. The van der Waals surface area contributed by atoms with E-state index in [4.69, 9.17) is 14.5 Å². The van der Waals surface area contributed by atoms with Gasteiger partial charge in [0.25, 0.3) is 5.91 Å². The van der Waals surface area contributed by atoms with Gasteiger partial charge >= 0.3 is 0 Å². The maximum atomic E-state index is 12.9. The van der Waals surface area contributed by atoms with E-state index in [2.05, 4.69) is 34.0 Å². The lowest BCUT2D eigenvalue weighted by molar-refractivity contribution is -0.176. The minimum absolute atomic E-state index is 0.0811. The van der Waals surface area contributed by atoms with Crippen LogP contribution in [-0.2, 0) is 17.7 Å². The summed E-state index contributed by atoms with van der Waals surface area (Å²) in [7, 11) is 3.86. The van der Waals surface area contributed by atoms with Crippen LogP contribution in [0.1, 0.15) is 21.5 Å². The molecule has 0 aliphatic carbocycles. The molecular weight excluding hydrogens is 466 g/mol. The first kappa shape index (κ1) is 22.4. The third-order valence-corrected chi connectivity index (χ3v) is 7.99. The minimum atomic E-state index is 0.0811. The summed E-state index contributed by atoms with van der Waals surface area (Å²) in [5.41, 5.74) is 8.80. The highest BCUT2D eigenvalue weighted by Gasteiger charge is 2.50. The van der Waals surface area contributed by atoms with Gasteiger partial charge in [0.05, 0.1) is 37.6 Å². The van der Waals surface area contributed by atoms with E-state index in [0.29, 0.717) is 5.56 Å². The molecule has 1 amide bonds. The molecule has 0 radical (unpaired) electrons. The molecule has 2 aromatic heterocycles. The second-order valence-electron chi connectivity index (χ2n) is 10.7. The number of nitrogens with one attached hydrogen (secondary N) is 1. The van der Waals surface area contributed by atoms with Gasteiger partial charge < -0.3 is 24.3 Å². The van der Waals surface area contributed by atoms with E-state index >= 15 is 0 Å². The number of carbonyl (C=O) groups is 1. The summed E-state index contributed by atoms with van der Waals surface area (Å²) in [6.45, 7) is 5.04.